The third-order valence-electron chi connectivity index (χ3n) is 12.0. The molecule has 0 aromatic carbocycles. The standard InChI is InChI=1S/C54H102O6/c1-4-7-10-13-16-18-20-22-24-26-27-29-30-32-34-36-38-41-44-47-53(56)59-50-51(49-58-52(55)46-43-40-15-12-9-6-3)60-54(57)48-45-42-39-37-35-33-31-28-25-23-21-19-17-14-11-8-5-2/h23,25,51H,4-22,24,26-50H2,1-3H3/b25-23-. The number of hydrogen-bond acceptors (Lipinski definition) is 6. The maximum atomic E-state index is 12.8. The summed E-state index contributed by atoms with van der Waals surface area (Å²) >= 11 is 0. The van der Waals surface area contributed by atoms with Crippen molar-refractivity contribution in [2.75, 3.05) is 13.2 Å². The Morgan fingerprint density at radius 2 is 0.550 bits per heavy atom. The van der Waals surface area contributed by atoms with Gasteiger partial charge in [-0.15, -0.1) is 0 Å². The highest BCUT2D eigenvalue weighted by molar-refractivity contribution is 5.71. The summed E-state index contributed by atoms with van der Waals surface area (Å²) in [7, 11) is 0. The number of ether oxygens (including phenoxy) is 3. The van der Waals surface area contributed by atoms with Crippen LogP contribution < -0.4 is 0 Å². The van der Waals surface area contributed by atoms with Crippen molar-refractivity contribution in [1.29, 1.82) is 0 Å². The summed E-state index contributed by atoms with van der Waals surface area (Å²) in [6.07, 6.45) is 55.1. The molecule has 6 heteroatoms. The predicted octanol–water partition coefficient (Wildman–Crippen LogP) is 17.4. The fourth-order valence-corrected chi connectivity index (χ4v) is 7.97. The number of carbonyl (C=O) groups excluding carboxylic acids is 3. The van der Waals surface area contributed by atoms with E-state index < -0.39 is 6.10 Å². The zero-order chi connectivity index (χ0) is 43.7. The highest BCUT2D eigenvalue weighted by Gasteiger charge is 2.19. The Labute approximate surface area is 373 Å². The smallest absolute Gasteiger partial charge is 0.306 e. The second kappa shape index (κ2) is 49.8. The molecule has 0 heterocycles. The normalized spacial score (nSPS) is 12.0. The predicted molar refractivity (Wildman–Crippen MR) is 256 cm³/mol. The highest BCUT2D eigenvalue weighted by Crippen LogP contribution is 2.16. The van der Waals surface area contributed by atoms with Crippen molar-refractivity contribution >= 4 is 17.9 Å². The Bertz CT molecular complexity index is 931. The molecular weight excluding hydrogens is 745 g/mol. The maximum absolute atomic E-state index is 12.8. The van der Waals surface area contributed by atoms with Gasteiger partial charge in [0, 0.05) is 19.3 Å². The molecule has 354 valence electrons. The zero-order valence-electron chi connectivity index (χ0n) is 40.5. The largest absolute Gasteiger partial charge is 0.462 e. The summed E-state index contributed by atoms with van der Waals surface area (Å²) in [5.74, 6) is -0.865. The Kier molecular flexibility index (Phi) is 48.3. The van der Waals surface area contributed by atoms with E-state index in [9.17, 15) is 14.4 Å². The van der Waals surface area contributed by atoms with E-state index >= 15 is 0 Å². The molecule has 0 aromatic rings. The fourth-order valence-electron chi connectivity index (χ4n) is 7.97. The van der Waals surface area contributed by atoms with Crippen LogP contribution in [-0.2, 0) is 28.6 Å². The molecule has 1 unspecified atom stereocenters. The van der Waals surface area contributed by atoms with Crippen LogP contribution in [0.5, 0.6) is 0 Å². The van der Waals surface area contributed by atoms with Crippen LogP contribution in [0.3, 0.4) is 0 Å². The lowest BCUT2D eigenvalue weighted by atomic mass is 10.0. The minimum Gasteiger partial charge on any atom is -0.462 e. The molecule has 60 heavy (non-hydrogen) atoms. The zero-order valence-corrected chi connectivity index (χ0v) is 40.5. The summed E-state index contributed by atoms with van der Waals surface area (Å²) in [4.78, 5) is 37.8. The van der Waals surface area contributed by atoms with Crippen molar-refractivity contribution in [2.24, 2.45) is 0 Å². The first-order valence-corrected chi connectivity index (χ1v) is 26.7. The highest BCUT2D eigenvalue weighted by atomic mass is 16.6. The molecule has 0 radical (unpaired) electrons. The summed E-state index contributed by atoms with van der Waals surface area (Å²) < 4.78 is 16.7. The van der Waals surface area contributed by atoms with E-state index in [1.165, 1.54) is 199 Å². The number of carbonyl (C=O) groups is 3. The van der Waals surface area contributed by atoms with Crippen LogP contribution in [0, 0.1) is 0 Å². The molecule has 0 bridgehead atoms. The first-order chi connectivity index (χ1) is 29.5. The van der Waals surface area contributed by atoms with Gasteiger partial charge in [-0.1, -0.05) is 245 Å². The SMILES string of the molecule is CCCCCCCC/C=C\CCCCCCCCCC(=O)OC(COC(=O)CCCCCCCC)COC(=O)CCCCCCCCCCCCCCCCCCCCC. The summed E-state index contributed by atoms with van der Waals surface area (Å²) in [5, 5.41) is 0. The van der Waals surface area contributed by atoms with Crippen molar-refractivity contribution in [2.45, 2.75) is 303 Å². The van der Waals surface area contributed by atoms with Crippen molar-refractivity contribution in [3.63, 3.8) is 0 Å². The van der Waals surface area contributed by atoms with Crippen molar-refractivity contribution in [1.82, 2.24) is 0 Å². The maximum Gasteiger partial charge on any atom is 0.306 e. The van der Waals surface area contributed by atoms with Gasteiger partial charge in [0.25, 0.3) is 0 Å². The Hall–Kier alpha value is -1.85. The lowest BCUT2D eigenvalue weighted by molar-refractivity contribution is -0.167. The van der Waals surface area contributed by atoms with Crippen LogP contribution in [0.25, 0.3) is 0 Å². The molecule has 6 nitrogen and oxygen atoms in total. The lowest BCUT2D eigenvalue weighted by Crippen LogP contribution is -2.30. The van der Waals surface area contributed by atoms with E-state index in [2.05, 4.69) is 32.9 Å². The van der Waals surface area contributed by atoms with E-state index in [1.54, 1.807) is 0 Å². The first-order valence-electron chi connectivity index (χ1n) is 26.7. The molecule has 0 rings (SSSR count). The van der Waals surface area contributed by atoms with Gasteiger partial charge >= 0.3 is 17.9 Å². The number of rotatable bonds is 49. The monoisotopic (exact) mass is 847 g/mol. The van der Waals surface area contributed by atoms with Gasteiger partial charge in [-0.2, -0.15) is 0 Å². The molecule has 0 saturated heterocycles. The minimum atomic E-state index is -0.764. The Balaban J connectivity index is 4.14. The van der Waals surface area contributed by atoms with Gasteiger partial charge in [-0.3, -0.25) is 14.4 Å². The fraction of sp³-hybridized carbons (Fsp3) is 0.907. The van der Waals surface area contributed by atoms with Crippen LogP contribution >= 0.6 is 0 Å². The minimum absolute atomic E-state index is 0.0672. The first kappa shape index (κ1) is 58.1. The van der Waals surface area contributed by atoms with E-state index in [0.29, 0.717) is 19.3 Å². The van der Waals surface area contributed by atoms with Gasteiger partial charge in [0.2, 0.25) is 0 Å². The molecule has 0 aliphatic carbocycles. The molecule has 0 amide bonds. The average Bonchev–Trinajstić information content (AvgIpc) is 3.24. The van der Waals surface area contributed by atoms with Crippen molar-refractivity contribution in [3.05, 3.63) is 12.2 Å². The second-order valence-electron chi connectivity index (χ2n) is 18.2. The molecule has 1 atom stereocenters. The molecular formula is C54H102O6. The van der Waals surface area contributed by atoms with Crippen molar-refractivity contribution in [3.8, 4) is 0 Å². The number of allylic oxidation sites excluding steroid dienone is 2. The van der Waals surface area contributed by atoms with Gasteiger partial charge in [-0.25, -0.2) is 0 Å². The molecule has 0 aliphatic heterocycles. The van der Waals surface area contributed by atoms with Crippen LogP contribution in [0.4, 0.5) is 0 Å². The van der Waals surface area contributed by atoms with Crippen LogP contribution in [0.2, 0.25) is 0 Å². The van der Waals surface area contributed by atoms with Crippen LogP contribution in [0.15, 0.2) is 12.2 Å². The van der Waals surface area contributed by atoms with E-state index in [1.807, 2.05) is 0 Å². The third-order valence-corrected chi connectivity index (χ3v) is 12.0. The topological polar surface area (TPSA) is 78.9 Å². The van der Waals surface area contributed by atoms with Crippen LogP contribution in [0.1, 0.15) is 297 Å². The van der Waals surface area contributed by atoms with Gasteiger partial charge < -0.3 is 14.2 Å². The van der Waals surface area contributed by atoms with E-state index in [4.69, 9.17) is 14.2 Å². The van der Waals surface area contributed by atoms with E-state index in [-0.39, 0.29) is 31.1 Å². The lowest BCUT2D eigenvalue weighted by Gasteiger charge is -2.18. The average molecular weight is 847 g/mol. The Morgan fingerprint density at radius 1 is 0.317 bits per heavy atom. The van der Waals surface area contributed by atoms with E-state index in [0.717, 1.165) is 57.8 Å². The summed E-state index contributed by atoms with van der Waals surface area (Å²) in [6, 6.07) is 0. The quantitative estimate of drug-likeness (QED) is 0.0263. The molecule has 0 spiro atoms. The number of hydrogen-bond donors (Lipinski definition) is 0. The Morgan fingerprint density at radius 3 is 0.833 bits per heavy atom. The second-order valence-corrected chi connectivity index (χ2v) is 18.2. The molecule has 0 aromatic heterocycles. The summed E-state index contributed by atoms with van der Waals surface area (Å²) in [6.45, 7) is 6.61. The molecule has 0 fully saturated rings. The summed E-state index contributed by atoms with van der Waals surface area (Å²) in [5.41, 5.74) is 0. The van der Waals surface area contributed by atoms with Crippen LogP contribution in [-0.4, -0.2) is 37.2 Å². The van der Waals surface area contributed by atoms with Gasteiger partial charge in [-0.05, 0) is 44.9 Å². The molecule has 0 N–H and O–H groups in total. The van der Waals surface area contributed by atoms with Gasteiger partial charge in [0.05, 0.1) is 0 Å². The third kappa shape index (κ3) is 47.2. The van der Waals surface area contributed by atoms with Crippen molar-refractivity contribution < 1.29 is 28.6 Å². The number of unbranched alkanes of at least 4 members (excludes halogenated alkanes) is 36. The number of esters is 3. The van der Waals surface area contributed by atoms with Gasteiger partial charge in [0.1, 0.15) is 13.2 Å². The molecule has 0 saturated carbocycles. The van der Waals surface area contributed by atoms with Gasteiger partial charge in [0.15, 0.2) is 6.10 Å². The molecule has 0 aliphatic rings.